The van der Waals surface area contributed by atoms with Crippen LogP contribution >= 0.6 is 11.6 Å². The molecule has 0 aliphatic heterocycles. The number of hydrazine groups is 1. The summed E-state index contributed by atoms with van der Waals surface area (Å²) in [5, 5.41) is 0.0643. The Bertz CT molecular complexity index is 594. The van der Waals surface area contributed by atoms with Gasteiger partial charge in [0.1, 0.15) is 5.75 Å². The van der Waals surface area contributed by atoms with E-state index < -0.39 is 15.9 Å². The zero-order valence-electron chi connectivity index (χ0n) is 11.3. The number of nitrogens with one attached hydrogen (secondary N) is 2. The van der Waals surface area contributed by atoms with E-state index in [0.29, 0.717) is 0 Å². The highest BCUT2D eigenvalue weighted by molar-refractivity contribution is 7.89. The zero-order valence-corrected chi connectivity index (χ0v) is 12.8. The third-order valence-corrected chi connectivity index (χ3v) is 4.09. The monoisotopic (exact) mass is 337 g/mol. The molecule has 0 aliphatic rings. The number of amides is 1. The molecule has 0 saturated carbocycles. The third-order valence-electron chi connectivity index (χ3n) is 2.33. The number of rotatable bonds is 8. The first-order chi connectivity index (χ1) is 9.90. The van der Waals surface area contributed by atoms with Gasteiger partial charge in [-0.25, -0.2) is 19.0 Å². The fourth-order valence-electron chi connectivity index (χ4n) is 1.31. The van der Waals surface area contributed by atoms with Crippen molar-refractivity contribution in [3.63, 3.8) is 0 Å². The van der Waals surface area contributed by atoms with Crippen LogP contribution in [0.25, 0.3) is 0 Å². The summed E-state index contributed by atoms with van der Waals surface area (Å²) in [7, 11) is -2.21. The van der Waals surface area contributed by atoms with Crippen molar-refractivity contribution in [1.29, 1.82) is 0 Å². The number of ether oxygens (including phenoxy) is 2. The predicted octanol–water partition coefficient (Wildman–Crippen LogP) is -0.367. The molecule has 0 fully saturated rings. The molecule has 1 aromatic rings. The number of hydrogen-bond acceptors (Lipinski definition) is 6. The van der Waals surface area contributed by atoms with Crippen molar-refractivity contribution in [3.05, 3.63) is 23.2 Å². The topological polar surface area (TPSA) is 120 Å². The fourth-order valence-corrected chi connectivity index (χ4v) is 2.65. The molecule has 8 nitrogen and oxygen atoms in total. The van der Waals surface area contributed by atoms with Crippen LogP contribution in [0.3, 0.4) is 0 Å². The van der Waals surface area contributed by atoms with Crippen LogP contribution in [0.1, 0.15) is 0 Å². The molecule has 1 amide bonds. The SMILES string of the molecule is COCCNS(=O)(=O)c1ccc(OCC(=O)NN)c(Cl)c1. The average Bonchev–Trinajstić information content (AvgIpc) is 2.45. The van der Waals surface area contributed by atoms with Crippen LogP contribution in [0.4, 0.5) is 0 Å². The lowest BCUT2D eigenvalue weighted by molar-refractivity contribution is -0.123. The Hall–Kier alpha value is -1.39. The molecule has 0 heterocycles. The standard InChI is InChI=1S/C11H16ClN3O5S/c1-19-5-4-14-21(17,18)8-2-3-10(9(12)6-8)20-7-11(16)15-13/h2-3,6,14H,4-5,7,13H2,1H3,(H,15,16). The van der Waals surface area contributed by atoms with E-state index in [1.165, 1.54) is 25.3 Å². The van der Waals surface area contributed by atoms with E-state index in [1.807, 2.05) is 5.43 Å². The molecule has 0 unspecified atom stereocenters. The first-order valence-corrected chi connectivity index (χ1v) is 7.67. The first kappa shape index (κ1) is 17.7. The number of sulfonamides is 1. The number of methoxy groups -OCH3 is 1. The van der Waals surface area contributed by atoms with Gasteiger partial charge in [-0.1, -0.05) is 11.6 Å². The van der Waals surface area contributed by atoms with Gasteiger partial charge in [0.25, 0.3) is 5.91 Å². The van der Waals surface area contributed by atoms with Gasteiger partial charge in [0, 0.05) is 13.7 Å². The van der Waals surface area contributed by atoms with Gasteiger partial charge in [0.15, 0.2) is 6.61 Å². The Morgan fingerprint density at radius 1 is 1.43 bits per heavy atom. The van der Waals surface area contributed by atoms with Crippen molar-refractivity contribution in [2.45, 2.75) is 4.90 Å². The molecule has 1 rings (SSSR count). The van der Waals surface area contributed by atoms with Gasteiger partial charge in [0.05, 0.1) is 16.5 Å². The lowest BCUT2D eigenvalue weighted by Crippen LogP contribution is -2.34. The predicted molar refractivity (Wildman–Crippen MR) is 76.3 cm³/mol. The molecule has 0 aliphatic carbocycles. The maximum absolute atomic E-state index is 11.9. The number of hydrogen-bond donors (Lipinski definition) is 3. The van der Waals surface area contributed by atoms with Crippen molar-refractivity contribution < 1.29 is 22.7 Å². The van der Waals surface area contributed by atoms with Gasteiger partial charge in [-0.15, -0.1) is 0 Å². The summed E-state index contributed by atoms with van der Waals surface area (Å²) < 4.78 is 36.1. The van der Waals surface area contributed by atoms with Crippen LogP contribution < -0.4 is 20.7 Å². The lowest BCUT2D eigenvalue weighted by atomic mass is 10.3. The van der Waals surface area contributed by atoms with E-state index in [0.717, 1.165) is 0 Å². The minimum absolute atomic E-state index is 0.0146. The zero-order chi connectivity index (χ0) is 15.9. The van der Waals surface area contributed by atoms with Crippen molar-refractivity contribution in [3.8, 4) is 5.75 Å². The van der Waals surface area contributed by atoms with Crippen LogP contribution in [-0.4, -0.2) is 41.2 Å². The molecule has 0 spiro atoms. The number of carbonyl (C=O) groups is 1. The van der Waals surface area contributed by atoms with E-state index in [2.05, 4.69) is 4.72 Å². The molecule has 118 valence electrons. The van der Waals surface area contributed by atoms with E-state index in [4.69, 9.17) is 26.9 Å². The Morgan fingerprint density at radius 2 is 2.14 bits per heavy atom. The summed E-state index contributed by atoms with van der Waals surface area (Å²) in [5.74, 6) is 4.54. The maximum atomic E-state index is 11.9. The molecule has 0 bridgehead atoms. The molecular weight excluding hydrogens is 322 g/mol. The Balaban J connectivity index is 2.79. The second-order valence-corrected chi connectivity index (χ2v) is 6.01. The highest BCUT2D eigenvalue weighted by atomic mass is 35.5. The minimum Gasteiger partial charge on any atom is -0.482 e. The average molecular weight is 338 g/mol. The highest BCUT2D eigenvalue weighted by Crippen LogP contribution is 2.27. The largest absolute Gasteiger partial charge is 0.482 e. The van der Waals surface area contributed by atoms with Crippen molar-refractivity contribution >= 4 is 27.5 Å². The molecule has 4 N–H and O–H groups in total. The number of nitrogens with two attached hydrogens (primary N) is 1. The molecule has 0 saturated heterocycles. The minimum atomic E-state index is -3.68. The Morgan fingerprint density at radius 3 is 2.71 bits per heavy atom. The fraction of sp³-hybridized carbons (Fsp3) is 0.364. The summed E-state index contributed by atoms with van der Waals surface area (Å²) in [6.45, 7) is 0.0716. The Labute approximate surface area is 127 Å². The molecule has 21 heavy (non-hydrogen) atoms. The van der Waals surface area contributed by atoms with Crippen LogP contribution in [0.15, 0.2) is 23.1 Å². The summed E-state index contributed by atoms with van der Waals surface area (Å²) in [6, 6.07) is 3.90. The van der Waals surface area contributed by atoms with Gasteiger partial charge in [-0.3, -0.25) is 10.2 Å². The molecule has 0 aromatic heterocycles. The third kappa shape index (κ3) is 5.48. The van der Waals surface area contributed by atoms with Gasteiger partial charge >= 0.3 is 0 Å². The highest BCUT2D eigenvalue weighted by Gasteiger charge is 2.16. The van der Waals surface area contributed by atoms with Crippen molar-refractivity contribution in [2.75, 3.05) is 26.9 Å². The van der Waals surface area contributed by atoms with Crippen LogP contribution in [0, 0.1) is 0 Å². The number of halogens is 1. The smallest absolute Gasteiger partial charge is 0.271 e. The van der Waals surface area contributed by atoms with Gasteiger partial charge in [-0.2, -0.15) is 0 Å². The normalized spacial score (nSPS) is 11.2. The summed E-state index contributed by atoms with van der Waals surface area (Å²) in [6.07, 6.45) is 0. The van der Waals surface area contributed by atoms with E-state index in [1.54, 1.807) is 0 Å². The van der Waals surface area contributed by atoms with Crippen LogP contribution in [0.2, 0.25) is 5.02 Å². The van der Waals surface area contributed by atoms with Gasteiger partial charge < -0.3 is 9.47 Å². The molecule has 0 atom stereocenters. The summed E-state index contributed by atoms with van der Waals surface area (Å²) in [4.78, 5) is 10.9. The summed E-state index contributed by atoms with van der Waals surface area (Å²) >= 11 is 5.92. The van der Waals surface area contributed by atoms with Crippen LogP contribution in [-0.2, 0) is 19.6 Å². The number of benzene rings is 1. The molecular formula is C11H16ClN3O5S. The van der Waals surface area contributed by atoms with Crippen LogP contribution in [0.5, 0.6) is 5.75 Å². The van der Waals surface area contributed by atoms with Crippen molar-refractivity contribution in [2.24, 2.45) is 5.84 Å². The van der Waals surface area contributed by atoms with E-state index in [-0.39, 0.29) is 35.4 Å². The summed E-state index contributed by atoms with van der Waals surface area (Å²) in [5.41, 5.74) is 1.89. The second-order valence-electron chi connectivity index (χ2n) is 3.84. The second kappa shape index (κ2) is 8.15. The molecule has 10 heteroatoms. The van der Waals surface area contributed by atoms with Gasteiger partial charge in [-0.05, 0) is 18.2 Å². The van der Waals surface area contributed by atoms with Gasteiger partial charge in [0.2, 0.25) is 10.0 Å². The first-order valence-electron chi connectivity index (χ1n) is 5.81. The lowest BCUT2D eigenvalue weighted by Gasteiger charge is -2.10. The van der Waals surface area contributed by atoms with Crippen molar-refractivity contribution in [1.82, 2.24) is 10.1 Å². The van der Waals surface area contributed by atoms with E-state index >= 15 is 0 Å². The molecule has 1 aromatic carbocycles. The van der Waals surface area contributed by atoms with E-state index in [9.17, 15) is 13.2 Å². The maximum Gasteiger partial charge on any atom is 0.271 e. The Kier molecular flexibility index (Phi) is 6.85. The molecule has 0 radical (unpaired) electrons. The number of carbonyl (C=O) groups excluding carboxylic acids is 1. The quantitative estimate of drug-likeness (QED) is 0.258.